The van der Waals surface area contributed by atoms with E-state index in [9.17, 15) is 9.59 Å². The van der Waals surface area contributed by atoms with Crippen LogP contribution in [0.4, 0.5) is 0 Å². The minimum atomic E-state index is -0.981. The highest BCUT2D eigenvalue weighted by atomic mass is 35.5. The first kappa shape index (κ1) is 19.6. The molecule has 3 heterocycles. The van der Waals surface area contributed by atoms with E-state index < -0.39 is 5.54 Å². The van der Waals surface area contributed by atoms with E-state index in [2.05, 4.69) is 5.32 Å². The van der Waals surface area contributed by atoms with Crippen molar-refractivity contribution in [1.82, 2.24) is 14.8 Å². The van der Waals surface area contributed by atoms with E-state index in [-0.39, 0.29) is 17.9 Å². The second-order valence-electron chi connectivity index (χ2n) is 8.55. The zero-order chi connectivity index (χ0) is 20.9. The number of carbonyl (C=O) groups is 2. The van der Waals surface area contributed by atoms with Crippen LogP contribution in [0.1, 0.15) is 48.7 Å². The molecule has 3 aromatic rings. The number of hydrogen-bond donors (Lipinski definition) is 1. The standard InChI is InChI=1S/C23H24ClN3O2S/c1-23(22(29)25-18-7-2-3-8-18)14-26-19(12-16-9-10-30-21(16)26)20(28)27(23)13-15-5-4-6-17(24)11-15/h4-6,9-12,18H,2-3,7-8,13-14H2,1H3,(H,25,29)/t23-/m0/s1. The van der Waals surface area contributed by atoms with Gasteiger partial charge in [0, 0.05) is 23.0 Å². The van der Waals surface area contributed by atoms with Gasteiger partial charge in [0.1, 0.15) is 16.1 Å². The molecule has 30 heavy (non-hydrogen) atoms. The maximum atomic E-state index is 13.6. The maximum absolute atomic E-state index is 13.6. The van der Waals surface area contributed by atoms with Gasteiger partial charge in [0.2, 0.25) is 5.91 Å². The number of rotatable bonds is 4. The van der Waals surface area contributed by atoms with Crippen molar-refractivity contribution in [2.75, 3.05) is 0 Å². The van der Waals surface area contributed by atoms with Crippen LogP contribution in [-0.4, -0.2) is 32.9 Å². The number of fused-ring (bicyclic) bond motifs is 3. The van der Waals surface area contributed by atoms with Gasteiger partial charge in [-0.3, -0.25) is 9.59 Å². The lowest BCUT2D eigenvalue weighted by Crippen LogP contribution is -2.64. The van der Waals surface area contributed by atoms with Gasteiger partial charge >= 0.3 is 0 Å². The van der Waals surface area contributed by atoms with E-state index >= 15 is 0 Å². The Labute approximate surface area is 184 Å². The van der Waals surface area contributed by atoms with Crippen LogP contribution in [0.3, 0.4) is 0 Å². The number of halogens is 1. The molecule has 5 rings (SSSR count). The van der Waals surface area contributed by atoms with Crippen molar-refractivity contribution >= 4 is 45.0 Å². The third-order valence-electron chi connectivity index (χ3n) is 6.44. The van der Waals surface area contributed by atoms with Crippen LogP contribution in [0.5, 0.6) is 0 Å². The molecule has 0 radical (unpaired) electrons. The van der Waals surface area contributed by atoms with Crippen LogP contribution < -0.4 is 5.32 Å². The Morgan fingerprint density at radius 3 is 2.83 bits per heavy atom. The zero-order valence-electron chi connectivity index (χ0n) is 16.9. The van der Waals surface area contributed by atoms with Crippen molar-refractivity contribution in [2.45, 2.75) is 57.3 Å². The van der Waals surface area contributed by atoms with Gasteiger partial charge in [-0.1, -0.05) is 36.6 Å². The number of benzene rings is 1. The molecule has 156 valence electrons. The molecule has 7 heteroatoms. The van der Waals surface area contributed by atoms with Crippen LogP contribution in [-0.2, 0) is 17.9 Å². The van der Waals surface area contributed by atoms with Crippen LogP contribution in [0.2, 0.25) is 5.02 Å². The second kappa shape index (κ2) is 7.43. The highest BCUT2D eigenvalue weighted by Crippen LogP contribution is 2.36. The van der Waals surface area contributed by atoms with Gasteiger partial charge in [0.15, 0.2) is 0 Å². The number of amides is 2. The average molecular weight is 442 g/mol. The summed E-state index contributed by atoms with van der Waals surface area (Å²) in [6.45, 7) is 2.67. The number of nitrogens with one attached hydrogen (secondary N) is 1. The molecule has 2 amide bonds. The molecule has 1 aromatic carbocycles. The Bertz CT molecular complexity index is 1130. The van der Waals surface area contributed by atoms with E-state index in [1.165, 1.54) is 0 Å². The second-order valence-corrected chi connectivity index (χ2v) is 9.88. The van der Waals surface area contributed by atoms with E-state index in [1.54, 1.807) is 16.2 Å². The molecule has 1 N–H and O–H groups in total. The molecule has 1 saturated carbocycles. The van der Waals surface area contributed by atoms with Crippen LogP contribution in [0.25, 0.3) is 10.2 Å². The molecule has 0 spiro atoms. The van der Waals surface area contributed by atoms with Crippen molar-refractivity contribution in [3.8, 4) is 0 Å². The minimum absolute atomic E-state index is 0.0752. The molecular formula is C23H24ClN3O2S. The van der Waals surface area contributed by atoms with Crippen molar-refractivity contribution in [3.63, 3.8) is 0 Å². The van der Waals surface area contributed by atoms with E-state index in [4.69, 9.17) is 11.6 Å². The van der Waals surface area contributed by atoms with Gasteiger partial charge in [-0.2, -0.15) is 0 Å². The van der Waals surface area contributed by atoms with Gasteiger partial charge < -0.3 is 14.8 Å². The predicted octanol–water partition coefficient (Wildman–Crippen LogP) is 4.83. The van der Waals surface area contributed by atoms with Gasteiger partial charge in [0.25, 0.3) is 5.91 Å². The summed E-state index contributed by atoms with van der Waals surface area (Å²) in [6.07, 6.45) is 4.30. The Balaban J connectivity index is 1.55. The lowest BCUT2D eigenvalue weighted by atomic mass is 9.93. The van der Waals surface area contributed by atoms with Gasteiger partial charge in [-0.25, -0.2) is 0 Å². The van der Waals surface area contributed by atoms with Crippen molar-refractivity contribution in [3.05, 3.63) is 58.1 Å². The van der Waals surface area contributed by atoms with Gasteiger partial charge in [-0.05, 0) is 55.0 Å². The lowest BCUT2D eigenvalue weighted by molar-refractivity contribution is -0.133. The van der Waals surface area contributed by atoms with Crippen LogP contribution in [0.15, 0.2) is 41.8 Å². The molecule has 0 saturated heterocycles. The van der Waals surface area contributed by atoms with E-state index in [0.717, 1.165) is 41.5 Å². The minimum Gasteiger partial charge on any atom is -0.351 e. The number of nitrogens with zero attached hydrogens (tertiary/aromatic N) is 2. The number of hydrogen-bond acceptors (Lipinski definition) is 3. The first-order valence-electron chi connectivity index (χ1n) is 10.4. The smallest absolute Gasteiger partial charge is 0.271 e. The Hall–Kier alpha value is -2.31. The monoisotopic (exact) mass is 441 g/mol. The molecule has 2 aliphatic rings. The van der Waals surface area contributed by atoms with Gasteiger partial charge in [0.05, 0.1) is 6.54 Å². The lowest BCUT2D eigenvalue weighted by Gasteiger charge is -2.44. The van der Waals surface area contributed by atoms with E-state index in [1.807, 2.05) is 53.3 Å². The summed E-state index contributed by atoms with van der Waals surface area (Å²) in [5.41, 5.74) is 0.577. The first-order valence-corrected chi connectivity index (χ1v) is 11.7. The van der Waals surface area contributed by atoms with Crippen LogP contribution in [0, 0.1) is 0 Å². The molecule has 1 aliphatic carbocycles. The van der Waals surface area contributed by atoms with Crippen molar-refractivity contribution in [2.24, 2.45) is 0 Å². The summed E-state index contributed by atoms with van der Waals surface area (Å²) < 4.78 is 2.02. The van der Waals surface area contributed by atoms with Crippen molar-refractivity contribution < 1.29 is 9.59 Å². The highest BCUT2D eigenvalue weighted by molar-refractivity contribution is 7.16. The first-order chi connectivity index (χ1) is 14.5. The maximum Gasteiger partial charge on any atom is 0.271 e. The number of thiophene rings is 1. The molecule has 2 aromatic heterocycles. The summed E-state index contributed by atoms with van der Waals surface area (Å²) in [5, 5.41) is 6.93. The third-order valence-corrected chi connectivity index (χ3v) is 7.62. The quantitative estimate of drug-likeness (QED) is 0.630. The number of carbonyl (C=O) groups excluding carboxylic acids is 2. The summed E-state index contributed by atoms with van der Waals surface area (Å²) in [7, 11) is 0. The third kappa shape index (κ3) is 3.22. The Kier molecular flexibility index (Phi) is 4.86. The molecule has 0 bridgehead atoms. The zero-order valence-corrected chi connectivity index (χ0v) is 18.4. The molecule has 5 nitrogen and oxygen atoms in total. The molecule has 0 unspecified atom stereocenters. The summed E-state index contributed by atoms with van der Waals surface area (Å²) >= 11 is 7.79. The Morgan fingerprint density at radius 1 is 1.27 bits per heavy atom. The molecular weight excluding hydrogens is 418 g/mol. The van der Waals surface area contributed by atoms with Crippen molar-refractivity contribution in [1.29, 1.82) is 0 Å². The predicted molar refractivity (Wildman–Crippen MR) is 120 cm³/mol. The summed E-state index contributed by atoms with van der Waals surface area (Å²) in [4.78, 5) is 29.9. The van der Waals surface area contributed by atoms with E-state index in [0.29, 0.717) is 23.8 Å². The topological polar surface area (TPSA) is 54.3 Å². The summed E-state index contributed by atoms with van der Waals surface area (Å²) in [5.74, 6) is -0.192. The fraction of sp³-hybridized carbons (Fsp3) is 0.391. The van der Waals surface area contributed by atoms with Crippen LogP contribution >= 0.6 is 22.9 Å². The Morgan fingerprint density at radius 2 is 2.07 bits per heavy atom. The fourth-order valence-corrected chi connectivity index (χ4v) is 5.84. The SMILES string of the molecule is C[C@@]1(C(=O)NC2CCCC2)Cn2c(cc3ccsc32)C(=O)N1Cc1cccc(Cl)c1. The number of aromatic nitrogens is 1. The molecule has 1 fully saturated rings. The molecule has 1 atom stereocenters. The average Bonchev–Trinajstić information content (AvgIpc) is 3.44. The normalized spacial score (nSPS) is 21.9. The summed E-state index contributed by atoms with van der Waals surface area (Å²) in [6, 6.07) is 11.7. The largest absolute Gasteiger partial charge is 0.351 e. The molecule has 1 aliphatic heterocycles. The highest BCUT2D eigenvalue weighted by Gasteiger charge is 2.48. The fourth-order valence-electron chi connectivity index (χ4n) is 4.73. The van der Waals surface area contributed by atoms with Gasteiger partial charge in [-0.15, -0.1) is 11.3 Å².